The number of aryl methyl sites for hydroxylation is 1. The first-order chi connectivity index (χ1) is 14.4. The molecule has 0 amide bonds. The summed E-state index contributed by atoms with van der Waals surface area (Å²) in [6, 6.07) is 13.8. The normalized spacial score (nSPS) is 18.6. The topological polar surface area (TPSA) is 27.6 Å². The van der Waals surface area contributed by atoms with E-state index in [9.17, 15) is 0 Å². The third-order valence-electron chi connectivity index (χ3n) is 5.44. The summed E-state index contributed by atoms with van der Waals surface area (Å²) in [6.45, 7) is 12.9. The fraction of sp³-hybridized carbons (Fsp3) is 0.360. The van der Waals surface area contributed by atoms with E-state index >= 15 is 0 Å². The van der Waals surface area contributed by atoms with Crippen molar-refractivity contribution in [2.24, 2.45) is 10.4 Å². The Kier molecular flexibility index (Phi) is 6.85. The van der Waals surface area contributed by atoms with Gasteiger partial charge >= 0.3 is 0 Å². The van der Waals surface area contributed by atoms with Gasteiger partial charge in [0, 0.05) is 15.7 Å². The van der Waals surface area contributed by atoms with Gasteiger partial charge in [0.2, 0.25) is 0 Å². The lowest BCUT2D eigenvalue weighted by Gasteiger charge is -2.32. The zero-order valence-corrected chi connectivity index (χ0v) is 21.2. The number of benzene rings is 2. The lowest BCUT2D eigenvalue weighted by atomic mass is 9.86. The molecule has 31 heavy (non-hydrogen) atoms. The number of rotatable bonds is 4. The number of hydrogen-bond donors (Lipinski definition) is 1. The van der Waals surface area contributed by atoms with Crippen LogP contribution in [0.25, 0.3) is 6.08 Å². The number of anilines is 1. The molecule has 1 N–H and O–H groups in total. The molecule has 0 spiro atoms. The van der Waals surface area contributed by atoms with Crippen LogP contribution in [-0.2, 0) is 0 Å². The third-order valence-corrected chi connectivity index (χ3v) is 6.28. The SMILES string of the molecule is Cc1ccc(N2C(=S)NC(=N[C@H](/C=C\c3ccc(Cl)cc3Cl)C(C)(C)C)C2(C)C)cc1. The van der Waals surface area contributed by atoms with E-state index in [0.29, 0.717) is 15.2 Å². The van der Waals surface area contributed by atoms with Crippen LogP contribution in [0.5, 0.6) is 0 Å². The predicted molar refractivity (Wildman–Crippen MR) is 140 cm³/mol. The quantitative estimate of drug-likeness (QED) is 0.471. The van der Waals surface area contributed by atoms with E-state index in [0.717, 1.165) is 17.1 Å². The average Bonchev–Trinajstić information content (AvgIpc) is 2.88. The van der Waals surface area contributed by atoms with Crippen LogP contribution in [0.3, 0.4) is 0 Å². The minimum atomic E-state index is -0.401. The predicted octanol–water partition coefficient (Wildman–Crippen LogP) is 7.30. The highest BCUT2D eigenvalue weighted by atomic mass is 35.5. The van der Waals surface area contributed by atoms with Gasteiger partial charge in [-0.25, -0.2) is 0 Å². The Morgan fingerprint density at radius 2 is 1.74 bits per heavy atom. The first-order valence-corrected chi connectivity index (χ1v) is 11.5. The number of nitrogens with one attached hydrogen (secondary N) is 1. The van der Waals surface area contributed by atoms with Gasteiger partial charge in [-0.1, -0.05) is 79.9 Å². The van der Waals surface area contributed by atoms with Crippen LogP contribution in [-0.4, -0.2) is 22.5 Å². The number of thiocarbonyl (C=S) groups is 1. The molecule has 2 aromatic rings. The van der Waals surface area contributed by atoms with Gasteiger partial charge in [0.1, 0.15) is 5.84 Å². The van der Waals surface area contributed by atoms with Crippen molar-refractivity contribution in [1.29, 1.82) is 0 Å². The molecule has 0 radical (unpaired) electrons. The van der Waals surface area contributed by atoms with Crippen LogP contribution in [0.15, 0.2) is 53.5 Å². The Morgan fingerprint density at radius 1 is 1.10 bits per heavy atom. The van der Waals surface area contributed by atoms with Crippen molar-refractivity contribution in [2.75, 3.05) is 4.90 Å². The van der Waals surface area contributed by atoms with Gasteiger partial charge in [-0.05, 0) is 68.2 Å². The van der Waals surface area contributed by atoms with Gasteiger partial charge in [-0.3, -0.25) is 4.99 Å². The first-order valence-electron chi connectivity index (χ1n) is 10.3. The molecule has 1 saturated heterocycles. The molecule has 3 nitrogen and oxygen atoms in total. The molecule has 2 aromatic carbocycles. The molecule has 0 bridgehead atoms. The van der Waals surface area contributed by atoms with Gasteiger partial charge in [-0.15, -0.1) is 0 Å². The van der Waals surface area contributed by atoms with E-state index in [2.05, 4.69) is 82.1 Å². The van der Waals surface area contributed by atoms with Crippen molar-refractivity contribution in [2.45, 2.75) is 53.1 Å². The number of hydrogen-bond acceptors (Lipinski definition) is 2. The molecule has 1 aliphatic heterocycles. The van der Waals surface area contributed by atoms with E-state index in [1.165, 1.54) is 5.56 Å². The molecule has 1 heterocycles. The van der Waals surface area contributed by atoms with E-state index < -0.39 is 5.54 Å². The van der Waals surface area contributed by atoms with Crippen molar-refractivity contribution in [3.8, 4) is 0 Å². The van der Waals surface area contributed by atoms with Crippen molar-refractivity contribution in [3.63, 3.8) is 0 Å². The zero-order chi connectivity index (χ0) is 23.0. The molecule has 0 unspecified atom stereocenters. The number of nitrogens with zero attached hydrogens (tertiary/aromatic N) is 2. The molecule has 1 aliphatic rings. The largest absolute Gasteiger partial charge is 0.319 e. The van der Waals surface area contributed by atoms with Gasteiger partial charge in [0.25, 0.3) is 0 Å². The van der Waals surface area contributed by atoms with Crippen LogP contribution in [0, 0.1) is 12.3 Å². The summed E-state index contributed by atoms with van der Waals surface area (Å²) in [6.07, 6.45) is 4.11. The number of amidine groups is 1. The van der Waals surface area contributed by atoms with E-state index in [-0.39, 0.29) is 11.5 Å². The molecule has 1 atom stereocenters. The second kappa shape index (κ2) is 8.93. The van der Waals surface area contributed by atoms with Crippen LogP contribution in [0.4, 0.5) is 5.69 Å². The molecule has 0 saturated carbocycles. The highest BCUT2D eigenvalue weighted by Gasteiger charge is 2.43. The molecule has 3 rings (SSSR count). The summed E-state index contributed by atoms with van der Waals surface area (Å²) in [5, 5.41) is 5.26. The van der Waals surface area contributed by atoms with Crippen molar-refractivity contribution < 1.29 is 0 Å². The third kappa shape index (κ3) is 5.31. The summed E-state index contributed by atoms with van der Waals surface area (Å²) < 4.78 is 0. The molecule has 0 aromatic heterocycles. The molecule has 164 valence electrons. The maximum Gasteiger partial charge on any atom is 0.179 e. The van der Waals surface area contributed by atoms with Crippen LogP contribution >= 0.6 is 35.4 Å². The average molecular weight is 475 g/mol. The second-order valence-electron chi connectivity index (χ2n) is 9.47. The first kappa shape index (κ1) is 23.8. The lowest BCUT2D eigenvalue weighted by Crippen LogP contribution is -2.45. The highest BCUT2D eigenvalue weighted by molar-refractivity contribution is 7.80. The number of halogens is 2. The van der Waals surface area contributed by atoms with Gasteiger partial charge in [-0.2, -0.15) is 0 Å². The Morgan fingerprint density at radius 3 is 2.32 bits per heavy atom. The Balaban J connectivity index is 1.96. The molecular formula is C25H29Cl2N3S. The van der Waals surface area contributed by atoms with Crippen molar-refractivity contribution in [1.82, 2.24) is 5.32 Å². The smallest absolute Gasteiger partial charge is 0.179 e. The summed E-state index contributed by atoms with van der Waals surface area (Å²) in [5.41, 5.74) is 2.68. The fourth-order valence-electron chi connectivity index (χ4n) is 3.49. The van der Waals surface area contributed by atoms with E-state index in [4.69, 9.17) is 40.4 Å². The van der Waals surface area contributed by atoms with Gasteiger partial charge in [0.15, 0.2) is 5.11 Å². The van der Waals surface area contributed by atoms with Crippen molar-refractivity contribution in [3.05, 3.63) is 69.7 Å². The van der Waals surface area contributed by atoms with Crippen LogP contribution in [0.1, 0.15) is 45.7 Å². The van der Waals surface area contributed by atoms with Gasteiger partial charge < -0.3 is 10.2 Å². The van der Waals surface area contributed by atoms with E-state index in [1.807, 2.05) is 18.2 Å². The summed E-state index contributed by atoms with van der Waals surface area (Å²) in [4.78, 5) is 7.25. The summed E-state index contributed by atoms with van der Waals surface area (Å²) in [5.74, 6) is 0.852. The molecule has 1 fully saturated rings. The Bertz CT molecular complexity index is 1030. The summed E-state index contributed by atoms with van der Waals surface area (Å²) in [7, 11) is 0. The molecular weight excluding hydrogens is 445 g/mol. The van der Waals surface area contributed by atoms with Gasteiger partial charge in [0.05, 0.1) is 11.6 Å². The standard InChI is InChI=1S/C25H29Cl2N3S/c1-16-7-12-19(13-8-16)30-23(31)29-22(25(30,5)6)28-21(24(2,3)4)14-10-17-9-11-18(26)15-20(17)27/h7-15,21H,1-6H3,(H,28,29,31)/b14-10-/t21-/m1/s1. The van der Waals surface area contributed by atoms with E-state index in [1.54, 1.807) is 6.07 Å². The maximum atomic E-state index is 6.35. The minimum Gasteiger partial charge on any atom is -0.319 e. The number of aliphatic imine (C=N–C) groups is 1. The van der Waals surface area contributed by atoms with Crippen LogP contribution < -0.4 is 10.2 Å². The molecule has 0 aliphatic carbocycles. The second-order valence-corrected chi connectivity index (χ2v) is 10.7. The van der Waals surface area contributed by atoms with Crippen molar-refractivity contribution >= 4 is 58.1 Å². The zero-order valence-electron chi connectivity index (χ0n) is 18.8. The van der Waals surface area contributed by atoms with Crippen LogP contribution in [0.2, 0.25) is 10.0 Å². The molecule has 6 heteroatoms. The Hall–Kier alpha value is -1.88. The monoisotopic (exact) mass is 473 g/mol. The Labute approximate surface area is 201 Å². The highest BCUT2D eigenvalue weighted by Crippen LogP contribution is 2.32. The summed E-state index contributed by atoms with van der Waals surface area (Å²) >= 11 is 18.1. The lowest BCUT2D eigenvalue weighted by molar-refractivity contribution is 0.367. The maximum absolute atomic E-state index is 6.35. The fourth-order valence-corrected chi connectivity index (χ4v) is 4.39. The minimum absolute atomic E-state index is 0.0817.